The van der Waals surface area contributed by atoms with Crippen LogP contribution >= 0.6 is 0 Å². The maximum absolute atomic E-state index is 13.7. The minimum Gasteiger partial charge on any atom is -0.494 e. The summed E-state index contributed by atoms with van der Waals surface area (Å²) in [6.07, 6.45) is 5.50. The molecule has 1 saturated carbocycles. The van der Waals surface area contributed by atoms with Crippen LogP contribution in [-0.4, -0.2) is 16.6 Å². The minimum absolute atomic E-state index is 0.0860. The van der Waals surface area contributed by atoms with E-state index in [0.29, 0.717) is 24.0 Å². The lowest BCUT2D eigenvalue weighted by Crippen LogP contribution is -2.12. The quantitative estimate of drug-likeness (QED) is 0.274. The zero-order valence-electron chi connectivity index (χ0n) is 20.6. The third kappa shape index (κ3) is 7.12. The van der Waals surface area contributed by atoms with Gasteiger partial charge in [0.05, 0.1) is 6.61 Å². The number of halogens is 3. The number of anilines is 4. The number of hydrogen-bond donors (Lipinski definition) is 2. The highest BCUT2D eigenvalue weighted by atomic mass is 19.4. The van der Waals surface area contributed by atoms with Gasteiger partial charge in [0.2, 0.25) is 5.95 Å². The van der Waals surface area contributed by atoms with Crippen LogP contribution in [0, 0.1) is 0 Å². The molecule has 8 heteroatoms. The van der Waals surface area contributed by atoms with Crippen LogP contribution in [0.15, 0.2) is 54.7 Å². The average Bonchev–Trinajstić information content (AvgIpc) is 2.87. The first kappa shape index (κ1) is 25.8. The van der Waals surface area contributed by atoms with E-state index in [1.165, 1.54) is 37.7 Å². The first-order chi connectivity index (χ1) is 17.4. The first-order valence-electron chi connectivity index (χ1n) is 12.7. The van der Waals surface area contributed by atoms with Crippen LogP contribution in [0.25, 0.3) is 0 Å². The van der Waals surface area contributed by atoms with E-state index in [2.05, 4.69) is 39.7 Å². The van der Waals surface area contributed by atoms with Gasteiger partial charge in [0.1, 0.15) is 17.1 Å². The van der Waals surface area contributed by atoms with Gasteiger partial charge in [0.25, 0.3) is 0 Å². The van der Waals surface area contributed by atoms with Gasteiger partial charge >= 0.3 is 6.18 Å². The van der Waals surface area contributed by atoms with Gasteiger partial charge in [-0.3, -0.25) is 0 Å². The van der Waals surface area contributed by atoms with Gasteiger partial charge in [-0.05, 0) is 55.0 Å². The number of nitrogens with zero attached hydrogens (tertiary/aromatic N) is 2. The Kier molecular flexibility index (Phi) is 8.67. The Morgan fingerprint density at radius 2 is 1.72 bits per heavy atom. The normalized spacial score (nSPS) is 14.4. The molecule has 1 heterocycles. The molecule has 1 fully saturated rings. The van der Waals surface area contributed by atoms with Crippen molar-refractivity contribution < 1.29 is 17.9 Å². The van der Waals surface area contributed by atoms with Crippen LogP contribution in [0.4, 0.5) is 36.3 Å². The molecular formula is C28H33F3N4O. The molecule has 0 saturated heterocycles. The molecule has 0 spiro atoms. The summed E-state index contributed by atoms with van der Waals surface area (Å²) in [6.45, 7) is 2.67. The molecule has 0 atom stereocenters. The van der Waals surface area contributed by atoms with E-state index in [1.807, 2.05) is 12.1 Å². The second kappa shape index (κ2) is 12.1. The maximum Gasteiger partial charge on any atom is 0.421 e. The lowest BCUT2D eigenvalue weighted by molar-refractivity contribution is -0.137. The van der Waals surface area contributed by atoms with Crippen LogP contribution in [0.2, 0.25) is 0 Å². The molecule has 0 aliphatic heterocycles. The van der Waals surface area contributed by atoms with Gasteiger partial charge in [-0.2, -0.15) is 18.2 Å². The summed E-state index contributed by atoms with van der Waals surface area (Å²) in [5, 5.41) is 5.84. The topological polar surface area (TPSA) is 59.1 Å². The molecule has 0 radical (unpaired) electrons. The van der Waals surface area contributed by atoms with Gasteiger partial charge in [0, 0.05) is 23.6 Å². The van der Waals surface area contributed by atoms with Gasteiger partial charge in [-0.25, -0.2) is 4.98 Å². The lowest BCUT2D eigenvalue weighted by Gasteiger charge is -2.22. The van der Waals surface area contributed by atoms with Crippen LogP contribution in [0.3, 0.4) is 0 Å². The van der Waals surface area contributed by atoms with Crippen molar-refractivity contribution in [1.82, 2.24) is 9.97 Å². The Morgan fingerprint density at radius 3 is 2.44 bits per heavy atom. The van der Waals surface area contributed by atoms with E-state index < -0.39 is 11.7 Å². The summed E-state index contributed by atoms with van der Waals surface area (Å²) < 4.78 is 46.8. The van der Waals surface area contributed by atoms with E-state index in [4.69, 9.17) is 4.74 Å². The predicted molar refractivity (Wildman–Crippen MR) is 137 cm³/mol. The lowest BCUT2D eigenvalue weighted by atomic mass is 9.84. The van der Waals surface area contributed by atoms with Crippen LogP contribution in [0.1, 0.15) is 75.3 Å². The largest absolute Gasteiger partial charge is 0.494 e. The van der Waals surface area contributed by atoms with Gasteiger partial charge < -0.3 is 15.4 Å². The van der Waals surface area contributed by atoms with Crippen molar-refractivity contribution in [2.24, 2.45) is 0 Å². The Bertz CT molecular complexity index is 1110. The van der Waals surface area contributed by atoms with E-state index in [-0.39, 0.29) is 11.8 Å². The Hall–Kier alpha value is -3.29. The van der Waals surface area contributed by atoms with E-state index in [1.54, 1.807) is 24.3 Å². The molecule has 36 heavy (non-hydrogen) atoms. The number of nitrogens with one attached hydrogen (secondary N) is 2. The molecule has 0 unspecified atom stereocenters. The number of aromatic nitrogens is 2. The third-order valence-corrected chi connectivity index (χ3v) is 6.45. The summed E-state index contributed by atoms with van der Waals surface area (Å²) in [5.74, 6) is 0.942. The second-order valence-corrected chi connectivity index (χ2v) is 9.24. The summed E-state index contributed by atoms with van der Waals surface area (Å²) >= 11 is 0. The second-order valence-electron chi connectivity index (χ2n) is 9.24. The van der Waals surface area contributed by atoms with Crippen molar-refractivity contribution in [1.29, 1.82) is 0 Å². The zero-order valence-corrected chi connectivity index (χ0v) is 20.6. The summed E-state index contributed by atoms with van der Waals surface area (Å²) in [4.78, 5) is 8.09. The standard InChI is InChI=1S/C28H33F3N4O/c1-2-3-7-17-36-24-12-8-11-23(18-24)33-26-25(28(29,30)31)19-32-27(35-26)34-22-15-13-21(14-16-22)20-9-5-4-6-10-20/h8,11-16,18-20H,2-7,9-10,17H2,1H3,(H2,32,33,34,35). The number of ether oxygens (including phenoxy) is 1. The third-order valence-electron chi connectivity index (χ3n) is 6.45. The van der Waals surface area contributed by atoms with Crippen molar-refractivity contribution >= 4 is 23.1 Å². The highest BCUT2D eigenvalue weighted by Crippen LogP contribution is 2.36. The summed E-state index contributed by atoms with van der Waals surface area (Å²) in [6, 6.07) is 14.9. The minimum atomic E-state index is -4.60. The van der Waals surface area contributed by atoms with Gasteiger partial charge in [-0.15, -0.1) is 0 Å². The number of benzene rings is 2. The molecule has 192 valence electrons. The maximum atomic E-state index is 13.7. The Morgan fingerprint density at radius 1 is 0.944 bits per heavy atom. The fraction of sp³-hybridized carbons (Fsp3) is 0.429. The predicted octanol–water partition coefficient (Wildman–Crippen LogP) is 8.60. The SMILES string of the molecule is CCCCCOc1cccc(Nc2nc(Nc3ccc(C4CCCCC4)cc3)ncc2C(F)(F)F)c1. The molecule has 0 bridgehead atoms. The Balaban J connectivity index is 1.49. The molecule has 2 aromatic carbocycles. The van der Waals surface area contributed by atoms with Crippen LogP contribution in [0.5, 0.6) is 5.75 Å². The smallest absolute Gasteiger partial charge is 0.421 e. The van der Waals surface area contributed by atoms with Crippen molar-refractivity contribution in [3.63, 3.8) is 0 Å². The number of unbranched alkanes of at least 4 members (excludes halogenated alkanes) is 2. The van der Waals surface area contributed by atoms with E-state index >= 15 is 0 Å². The molecule has 0 amide bonds. The number of alkyl halides is 3. The first-order valence-corrected chi connectivity index (χ1v) is 12.7. The number of rotatable bonds is 10. The molecule has 1 aromatic heterocycles. The van der Waals surface area contributed by atoms with Crippen molar-refractivity contribution in [3.05, 3.63) is 65.9 Å². The summed E-state index contributed by atoms with van der Waals surface area (Å²) in [5.41, 5.74) is 1.54. The fourth-order valence-corrected chi connectivity index (χ4v) is 4.49. The Labute approximate surface area is 210 Å². The molecule has 5 nitrogen and oxygen atoms in total. The average molecular weight is 499 g/mol. The molecule has 4 rings (SSSR count). The summed E-state index contributed by atoms with van der Waals surface area (Å²) in [7, 11) is 0. The van der Waals surface area contributed by atoms with Crippen molar-refractivity contribution in [3.8, 4) is 5.75 Å². The number of hydrogen-bond acceptors (Lipinski definition) is 5. The van der Waals surface area contributed by atoms with Crippen LogP contribution < -0.4 is 15.4 Å². The van der Waals surface area contributed by atoms with E-state index in [0.717, 1.165) is 31.1 Å². The molecule has 1 aliphatic rings. The van der Waals surface area contributed by atoms with Gasteiger partial charge in [-0.1, -0.05) is 57.2 Å². The van der Waals surface area contributed by atoms with Gasteiger partial charge in [0.15, 0.2) is 0 Å². The fourth-order valence-electron chi connectivity index (χ4n) is 4.49. The van der Waals surface area contributed by atoms with Crippen molar-refractivity contribution in [2.75, 3.05) is 17.2 Å². The molecule has 3 aromatic rings. The highest BCUT2D eigenvalue weighted by molar-refractivity contribution is 5.64. The van der Waals surface area contributed by atoms with Crippen LogP contribution in [-0.2, 0) is 6.18 Å². The molecule has 2 N–H and O–H groups in total. The molecule has 1 aliphatic carbocycles. The van der Waals surface area contributed by atoms with E-state index in [9.17, 15) is 13.2 Å². The zero-order chi connectivity index (χ0) is 25.4. The molecular weight excluding hydrogens is 465 g/mol. The van der Waals surface area contributed by atoms with Crippen molar-refractivity contribution in [2.45, 2.75) is 70.4 Å². The monoisotopic (exact) mass is 498 g/mol. The highest BCUT2D eigenvalue weighted by Gasteiger charge is 2.35.